The summed E-state index contributed by atoms with van der Waals surface area (Å²) in [6.45, 7) is 1.93. The van der Waals surface area contributed by atoms with Crippen LogP contribution in [-0.4, -0.2) is 39.8 Å². The van der Waals surface area contributed by atoms with E-state index in [9.17, 15) is 9.18 Å². The van der Waals surface area contributed by atoms with Crippen molar-refractivity contribution >= 4 is 34.1 Å². The smallest absolute Gasteiger partial charge is 0.233 e. The number of amides is 1. The first-order chi connectivity index (χ1) is 11.5. The molecule has 0 saturated heterocycles. The molecule has 1 heterocycles. The van der Waals surface area contributed by atoms with Crippen molar-refractivity contribution in [1.82, 2.24) is 15.1 Å². The number of rotatable bonds is 7. The van der Waals surface area contributed by atoms with E-state index in [1.807, 2.05) is 6.92 Å². The van der Waals surface area contributed by atoms with E-state index in [-0.39, 0.29) is 17.8 Å². The summed E-state index contributed by atoms with van der Waals surface area (Å²) in [5.41, 5.74) is 0.907. The van der Waals surface area contributed by atoms with Gasteiger partial charge in [-0.3, -0.25) is 4.79 Å². The van der Waals surface area contributed by atoms with Crippen LogP contribution < -0.4 is 5.32 Å². The van der Waals surface area contributed by atoms with Crippen LogP contribution in [0, 0.1) is 5.82 Å². The van der Waals surface area contributed by atoms with Crippen LogP contribution >= 0.6 is 23.1 Å². The SMILES string of the molecule is CC(c1ccc(F)cc1)N(C)C(=O)CSc1nnc(NC2CC2)s1. The molecule has 1 aliphatic carbocycles. The summed E-state index contributed by atoms with van der Waals surface area (Å²) in [4.78, 5) is 14.0. The Morgan fingerprint density at radius 1 is 1.42 bits per heavy atom. The van der Waals surface area contributed by atoms with E-state index in [0.29, 0.717) is 11.8 Å². The number of thioether (sulfide) groups is 1. The summed E-state index contributed by atoms with van der Waals surface area (Å²) in [6, 6.07) is 6.67. The molecular formula is C16H19FN4OS2. The lowest BCUT2D eigenvalue weighted by Gasteiger charge is -2.25. The zero-order valence-electron chi connectivity index (χ0n) is 13.5. The topological polar surface area (TPSA) is 58.1 Å². The van der Waals surface area contributed by atoms with E-state index < -0.39 is 0 Å². The second kappa shape index (κ2) is 7.48. The molecule has 1 unspecified atom stereocenters. The number of carbonyl (C=O) groups is 1. The maximum Gasteiger partial charge on any atom is 0.233 e. The van der Waals surface area contributed by atoms with Crippen LogP contribution in [0.2, 0.25) is 0 Å². The molecule has 1 aliphatic rings. The molecule has 5 nitrogen and oxygen atoms in total. The third-order valence-electron chi connectivity index (χ3n) is 3.96. The monoisotopic (exact) mass is 366 g/mol. The third-order valence-corrected chi connectivity index (χ3v) is 5.93. The summed E-state index contributed by atoms with van der Waals surface area (Å²) in [5.74, 6) is 0.0335. The Bertz CT molecular complexity index is 702. The summed E-state index contributed by atoms with van der Waals surface area (Å²) >= 11 is 2.87. The predicted octanol–water partition coefficient (Wildman–Crippen LogP) is 3.56. The van der Waals surface area contributed by atoms with E-state index in [4.69, 9.17) is 0 Å². The highest BCUT2D eigenvalue weighted by Gasteiger charge is 2.23. The zero-order valence-corrected chi connectivity index (χ0v) is 15.2. The highest BCUT2D eigenvalue weighted by molar-refractivity contribution is 8.01. The number of anilines is 1. The van der Waals surface area contributed by atoms with Crippen molar-refractivity contribution in [3.05, 3.63) is 35.6 Å². The van der Waals surface area contributed by atoms with Crippen LogP contribution in [0.15, 0.2) is 28.6 Å². The van der Waals surface area contributed by atoms with E-state index in [1.165, 1.54) is 48.1 Å². The number of nitrogens with zero attached hydrogens (tertiary/aromatic N) is 3. The minimum atomic E-state index is -0.276. The largest absolute Gasteiger partial charge is 0.357 e. The molecule has 24 heavy (non-hydrogen) atoms. The second-order valence-electron chi connectivity index (χ2n) is 5.81. The van der Waals surface area contributed by atoms with Gasteiger partial charge >= 0.3 is 0 Å². The minimum absolute atomic E-state index is 0.00345. The Kier molecular flexibility index (Phi) is 5.35. The third kappa shape index (κ3) is 4.45. The molecule has 1 N–H and O–H groups in total. The van der Waals surface area contributed by atoms with Crippen LogP contribution in [-0.2, 0) is 4.79 Å². The molecular weight excluding hydrogens is 347 g/mol. The van der Waals surface area contributed by atoms with Crippen molar-refractivity contribution < 1.29 is 9.18 Å². The Hall–Kier alpha value is -1.67. The van der Waals surface area contributed by atoms with Gasteiger partial charge in [-0.1, -0.05) is 35.2 Å². The Morgan fingerprint density at radius 2 is 2.12 bits per heavy atom. The van der Waals surface area contributed by atoms with Gasteiger partial charge in [0.1, 0.15) is 5.82 Å². The fourth-order valence-electron chi connectivity index (χ4n) is 2.13. The fourth-order valence-corrected chi connectivity index (χ4v) is 3.89. The van der Waals surface area contributed by atoms with Crippen LogP contribution in [0.1, 0.15) is 31.4 Å². The maximum absolute atomic E-state index is 13.0. The normalized spacial score (nSPS) is 15.1. The summed E-state index contributed by atoms with van der Waals surface area (Å²) < 4.78 is 13.8. The van der Waals surface area contributed by atoms with Gasteiger partial charge in [-0.25, -0.2) is 4.39 Å². The maximum atomic E-state index is 13.0. The van der Waals surface area contributed by atoms with Crippen molar-refractivity contribution in [3.63, 3.8) is 0 Å². The molecule has 1 aromatic carbocycles. The highest BCUT2D eigenvalue weighted by atomic mass is 32.2. The van der Waals surface area contributed by atoms with Crippen LogP contribution in [0.25, 0.3) is 0 Å². The number of hydrogen-bond donors (Lipinski definition) is 1. The second-order valence-corrected chi connectivity index (χ2v) is 8.01. The van der Waals surface area contributed by atoms with Gasteiger partial charge in [-0.2, -0.15) is 0 Å². The molecule has 1 amide bonds. The summed E-state index contributed by atoms with van der Waals surface area (Å²) in [6.07, 6.45) is 2.37. The first-order valence-electron chi connectivity index (χ1n) is 7.77. The van der Waals surface area contributed by atoms with Gasteiger partial charge in [-0.05, 0) is 37.5 Å². The zero-order chi connectivity index (χ0) is 17.1. The molecule has 8 heteroatoms. The number of carbonyl (C=O) groups excluding carboxylic acids is 1. The molecule has 1 atom stereocenters. The quantitative estimate of drug-likeness (QED) is 0.759. The Morgan fingerprint density at radius 3 is 2.79 bits per heavy atom. The Balaban J connectivity index is 1.51. The van der Waals surface area contributed by atoms with Crippen molar-refractivity contribution in [2.75, 3.05) is 18.1 Å². The molecule has 0 bridgehead atoms. The highest BCUT2D eigenvalue weighted by Crippen LogP contribution is 2.30. The van der Waals surface area contributed by atoms with Crippen molar-refractivity contribution in [1.29, 1.82) is 0 Å². The Labute approximate surface area is 148 Å². The first kappa shape index (κ1) is 17.2. The average molecular weight is 366 g/mol. The van der Waals surface area contributed by atoms with Gasteiger partial charge in [-0.15, -0.1) is 10.2 Å². The van der Waals surface area contributed by atoms with Gasteiger partial charge < -0.3 is 10.2 Å². The number of halogens is 1. The van der Waals surface area contributed by atoms with Crippen LogP contribution in [0.3, 0.4) is 0 Å². The molecule has 1 saturated carbocycles. The van der Waals surface area contributed by atoms with Crippen LogP contribution in [0.4, 0.5) is 9.52 Å². The number of hydrogen-bond acceptors (Lipinski definition) is 6. The van der Waals surface area contributed by atoms with Crippen molar-refractivity contribution in [3.8, 4) is 0 Å². The minimum Gasteiger partial charge on any atom is -0.357 e. The molecule has 2 aromatic rings. The molecule has 1 aromatic heterocycles. The summed E-state index contributed by atoms with van der Waals surface area (Å²) in [5, 5.41) is 12.3. The van der Waals surface area contributed by atoms with Gasteiger partial charge in [0.2, 0.25) is 11.0 Å². The van der Waals surface area contributed by atoms with E-state index >= 15 is 0 Å². The molecule has 1 fully saturated rings. The van der Waals surface area contributed by atoms with Crippen molar-refractivity contribution in [2.24, 2.45) is 0 Å². The number of nitrogens with one attached hydrogen (secondary N) is 1. The number of benzene rings is 1. The lowest BCUT2D eigenvalue weighted by molar-refractivity contribution is -0.128. The molecule has 0 spiro atoms. The van der Waals surface area contributed by atoms with E-state index in [1.54, 1.807) is 24.1 Å². The molecule has 128 valence electrons. The lowest BCUT2D eigenvalue weighted by atomic mass is 10.1. The fraction of sp³-hybridized carbons (Fsp3) is 0.438. The van der Waals surface area contributed by atoms with Gasteiger partial charge in [0.25, 0.3) is 0 Å². The lowest BCUT2D eigenvalue weighted by Crippen LogP contribution is -2.31. The van der Waals surface area contributed by atoms with Gasteiger partial charge in [0.05, 0.1) is 11.8 Å². The van der Waals surface area contributed by atoms with Gasteiger partial charge in [0.15, 0.2) is 4.34 Å². The van der Waals surface area contributed by atoms with Gasteiger partial charge in [0, 0.05) is 13.1 Å². The molecule has 0 aliphatic heterocycles. The first-order valence-corrected chi connectivity index (χ1v) is 9.57. The molecule has 3 rings (SSSR count). The predicted molar refractivity (Wildman–Crippen MR) is 94.9 cm³/mol. The van der Waals surface area contributed by atoms with Crippen molar-refractivity contribution in [2.45, 2.75) is 36.2 Å². The summed E-state index contributed by atoms with van der Waals surface area (Å²) in [7, 11) is 1.76. The van der Waals surface area contributed by atoms with E-state index in [0.717, 1.165) is 15.0 Å². The standard InChI is InChI=1S/C16H19FN4OS2/c1-10(11-3-5-12(17)6-4-11)21(2)14(22)9-23-16-20-19-15(24-16)18-13-7-8-13/h3-6,10,13H,7-9H2,1-2H3,(H,18,19). The van der Waals surface area contributed by atoms with E-state index in [2.05, 4.69) is 15.5 Å². The van der Waals surface area contributed by atoms with Crippen LogP contribution in [0.5, 0.6) is 0 Å². The molecule has 0 radical (unpaired) electrons. The number of aromatic nitrogens is 2. The average Bonchev–Trinajstić information content (AvgIpc) is 3.28.